The van der Waals surface area contributed by atoms with Crippen molar-refractivity contribution < 1.29 is 24.3 Å². The number of piperazine rings is 1. The van der Waals surface area contributed by atoms with Gasteiger partial charge in [-0.15, -0.1) is 0 Å². The largest absolute Gasteiger partial charge is 0.480 e. The summed E-state index contributed by atoms with van der Waals surface area (Å²) in [6, 6.07) is 13.3. The van der Waals surface area contributed by atoms with Crippen LogP contribution in [0.3, 0.4) is 0 Å². The zero-order valence-corrected chi connectivity index (χ0v) is 23.8. The topological polar surface area (TPSA) is 110 Å². The zero-order valence-electron chi connectivity index (χ0n) is 23.8. The maximum absolute atomic E-state index is 13.1. The van der Waals surface area contributed by atoms with E-state index in [1.165, 1.54) is 21.2 Å². The lowest BCUT2D eigenvalue weighted by Crippen LogP contribution is -2.69. The highest BCUT2D eigenvalue weighted by Gasteiger charge is 2.56. The molecule has 9 heteroatoms. The quantitative estimate of drug-likeness (QED) is 0.336. The summed E-state index contributed by atoms with van der Waals surface area (Å²) >= 11 is 0. The minimum Gasteiger partial charge on any atom is -0.480 e. The smallest absolute Gasteiger partial charge is 0.327 e. The van der Waals surface area contributed by atoms with Gasteiger partial charge in [0.15, 0.2) is 6.04 Å². The number of carboxylic acid groups (broad SMARTS) is 1. The van der Waals surface area contributed by atoms with E-state index in [2.05, 4.69) is 47.8 Å². The Hall–Kier alpha value is -3.46. The van der Waals surface area contributed by atoms with Crippen molar-refractivity contribution in [1.82, 2.24) is 20.0 Å². The highest BCUT2D eigenvalue weighted by Crippen LogP contribution is 2.35. The van der Waals surface area contributed by atoms with Crippen LogP contribution in [0.4, 0.5) is 4.79 Å². The number of urea groups is 1. The summed E-state index contributed by atoms with van der Waals surface area (Å²) in [7, 11) is 0. The lowest BCUT2D eigenvalue weighted by Gasteiger charge is -2.47. The van der Waals surface area contributed by atoms with Crippen LogP contribution >= 0.6 is 0 Å². The number of carboxylic acids is 1. The molecule has 3 fully saturated rings. The predicted molar refractivity (Wildman–Crippen MR) is 156 cm³/mol. The fourth-order valence-corrected chi connectivity index (χ4v) is 6.66. The molecule has 0 radical (unpaired) electrons. The van der Waals surface area contributed by atoms with Crippen molar-refractivity contribution in [3.8, 4) is 0 Å². The second-order valence-electron chi connectivity index (χ2n) is 11.7. The maximum Gasteiger partial charge on any atom is 0.327 e. The molecule has 9 nitrogen and oxygen atoms in total. The van der Waals surface area contributed by atoms with Crippen molar-refractivity contribution >= 4 is 34.6 Å². The Kier molecular flexibility index (Phi) is 9.54. The van der Waals surface area contributed by atoms with Gasteiger partial charge in [-0.2, -0.15) is 0 Å². The molecule has 2 atom stereocenters. The van der Waals surface area contributed by atoms with Gasteiger partial charge in [0.05, 0.1) is 5.92 Å². The normalized spacial score (nSPS) is 21.7. The number of aryl methyl sites for hydroxylation is 1. The number of unbranched alkanes of at least 4 members (excludes halogenated alkanes) is 3. The Labute approximate surface area is 241 Å². The fourth-order valence-electron chi connectivity index (χ4n) is 6.66. The van der Waals surface area contributed by atoms with Crippen molar-refractivity contribution in [2.75, 3.05) is 39.3 Å². The van der Waals surface area contributed by atoms with Crippen molar-refractivity contribution in [3.63, 3.8) is 0 Å². The molecule has 220 valence electrons. The number of aliphatic carboxylic acids is 1. The third kappa shape index (κ3) is 6.72. The lowest BCUT2D eigenvalue weighted by molar-refractivity contribution is -0.167. The number of fused-ring (bicyclic) bond motifs is 1. The van der Waals surface area contributed by atoms with E-state index in [0.29, 0.717) is 44.9 Å². The van der Waals surface area contributed by atoms with E-state index in [0.717, 1.165) is 62.9 Å². The molecular weight excluding hydrogens is 520 g/mol. The SMILES string of the molecule is O=C(O)[C@@H]1[C@@H](CC2CCNCC2)C(=O)N1C(=O)N1CCN(C(=O)CCCCCCc2cccc3ccccc23)CC1. The number of imide groups is 1. The monoisotopic (exact) mass is 562 g/mol. The van der Waals surface area contributed by atoms with Crippen LogP contribution in [0.5, 0.6) is 0 Å². The van der Waals surface area contributed by atoms with Gasteiger partial charge in [0.1, 0.15) is 0 Å². The first kappa shape index (κ1) is 29.0. The number of nitrogens with zero attached hydrogens (tertiary/aromatic N) is 3. The molecule has 2 aromatic rings. The molecule has 0 saturated carbocycles. The van der Waals surface area contributed by atoms with Gasteiger partial charge in [-0.1, -0.05) is 55.3 Å². The van der Waals surface area contributed by atoms with E-state index >= 15 is 0 Å². The van der Waals surface area contributed by atoms with Gasteiger partial charge in [0, 0.05) is 32.6 Å². The first-order chi connectivity index (χ1) is 19.9. The van der Waals surface area contributed by atoms with E-state index < -0.39 is 24.0 Å². The number of rotatable bonds is 10. The molecule has 3 heterocycles. The van der Waals surface area contributed by atoms with E-state index in [1.807, 2.05) is 0 Å². The van der Waals surface area contributed by atoms with Crippen LogP contribution in [0, 0.1) is 11.8 Å². The van der Waals surface area contributed by atoms with Crippen LogP contribution in [-0.4, -0.2) is 88.9 Å². The Morgan fingerprint density at radius 2 is 1.54 bits per heavy atom. The van der Waals surface area contributed by atoms with Gasteiger partial charge in [0.25, 0.3) is 0 Å². The summed E-state index contributed by atoms with van der Waals surface area (Å²) in [5.74, 6) is -1.73. The molecule has 3 aliphatic heterocycles. The molecular formula is C32H42N4O5. The van der Waals surface area contributed by atoms with E-state index in [1.54, 1.807) is 4.90 Å². The lowest BCUT2D eigenvalue weighted by atomic mass is 9.78. The van der Waals surface area contributed by atoms with Gasteiger partial charge < -0.3 is 20.2 Å². The van der Waals surface area contributed by atoms with Gasteiger partial charge in [0.2, 0.25) is 11.8 Å². The van der Waals surface area contributed by atoms with Crippen LogP contribution in [0.1, 0.15) is 56.9 Å². The van der Waals surface area contributed by atoms with Crippen molar-refractivity contribution in [2.45, 2.75) is 63.8 Å². The number of hydrogen-bond acceptors (Lipinski definition) is 5. The zero-order chi connectivity index (χ0) is 28.8. The van der Waals surface area contributed by atoms with Gasteiger partial charge in [-0.3, -0.25) is 9.59 Å². The first-order valence-corrected chi connectivity index (χ1v) is 15.2. The number of carbonyl (C=O) groups excluding carboxylic acids is 3. The molecule has 0 aromatic heterocycles. The number of piperidine rings is 1. The molecule has 3 saturated heterocycles. The summed E-state index contributed by atoms with van der Waals surface area (Å²) in [4.78, 5) is 55.0. The van der Waals surface area contributed by atoms with Crippen LogP contribution < -0.4 is 5.32 Å². The minimum atomic E-state index is -1.12. The van der Waals surface area contributed by atoms with Crippen molar-refractivity contribution in [3.05, 3.63) is 48.0 Å². The number of amides is 4. The van der Waals surface area contributed by atoms with E-state index in [-0.39, 0.29) is 11.8 Å². The second kappa shape index (κ2) is 13.5. The molecule has 41 heavy (non-hydrogen) atoms. The van der Waals surface area contributed by atoms with Crippen LogP contribution in [0.15, 0.2) is 42.5 Å². The highest BCUT2D eigenvalue weighted by atomic mass is 16.4. The molecule has 4 amide bonds. The average Bonchev–Trinajstić information content (AvgIpc) is 3.00. The Balaban J connectivity index is 1.01. The third-order valence-corrected chi connectivity index (χ3v) is 9.09. The average molecular weight is 563 g/mol. The molecule has 2 aromatic carbocycles. The standard InChI is InChI=1S/C32H42N4O5/c37-28(13-4-2-1-3-8-24-10-7-11-25-9-5-6-12-26(24)25)34-18-20-35(21-19-34)32(41)36-29(31(39)40)27(30(36)38)22-23-14-16-33-17-15-23/h5-7,9-12,23,27,29,33H,1-4,8,13-22H2,(H,39,40)/t27-,29+/m1/s1. The number of likely N-dealkylation sites (tertiary alicyclic amines) is 1. The summed E-state index contributed by atoms with van der Waals surface area (Å²) in [5.41, 5.74) is 1.37. The van der Waals surface area contributed by atoms with Crippen molar-refractivity contribution in [2.24, 2.45) is 11.8 Å². The first-order valence-electron chi connectivity index (χ1n) is 15.2. The number of carbonyl (C=O) groups is 4. The predicted octanol–water partition coefficient (Wildman–Crippen LogP) is 3.90. The molecule has 0 unspecified atom stereocenters. The van der Waals surface area contributed by atoms with Crippen LogP contribution in [0.25, 0.3) is 10.8 Å². The molecule has 3 aliphatic rings. The second-order valence-corrected chi connectivity index (χ2v) is 11.7. The fraction of sp³-hybridized carbons (Fsp3) is 0.562. The summed E-state index contributed by atoms with van der Waals surface area (Å²) in [6.45, 7) is 3.19. The number of benzene rings is 2. The molecule has 5 rings (SSSR count). The number of hydrogen-bond donors (Lipinski definition) is 2. The van der Waals surface area contributed by atoms with Crippen molar-refractivity contribution in [1.29, 1.82) is 0 Å². The Morgan fingerprint density at radius 1 is 0.854 bits per heavy atom. The Morgan fingerprint density at radius 3 is 2.29 bits per heavy atom. The summed E-state index contributed by atoms with van der Waals surface area (Å²) < 4.78 is 0. The molecule has 0 aliphatic carbocycles. The van der Waals surface area contributed by atoms with E-state index in [9.17, 15) is 24.3 Å². The number of β-lactam (4-membered cyclic amide) rings is 1. The minimum absolute atomic E-state index is 0.0941. The number of nitrogens with one attached hydrogen (secondary N) is 1. The Bertz CT molecular complexity index is 1250. The summed E-state index contributed by atoms with van der Waals surface area (Å²) in [5, 5.41) is 15.7. The molecule has 0 spiro atoms. The highest BCUT2D eigenvalue weighted by molar-refractivity contribution is 6.07. The van der Waals surface area contributed by atoms with Gasteiger partial charge >= 0.3 is 12.0 Å². The third-order valence-electron chi connectivity index (χ3n) is 9.09. The molecule has 2 N–H and O–H groups in total. The van der Waals surface area contributed by atoms with Gasteiger partial charge in [-0.05, 0) is 73.9 Å². The van der Waals surface area contributed by atoms with Gasteiger partial charge in [-0.25, -0.2) is 14.5 Å². The maximum atomic E-state index is 13.1. The van der Waals surface area contributed by atoms with Crippen LogP contribution in [-0.2, 0) is 20.8 Å². The molecule has 0 bridgehead atoms. The van der Waals surface area contributed by atoms with E-state index in [4.69, 9.17) is 0 Å². The van der Waals surface area contributed by atoms with Crippen LogP contribution in [0.2, 0.25) is 0 Å². The summed E-state index contributed by atoms with van der Waals surface area (Å²) in [6.07, 6.45) is 7.90.